The van der Waals surface area contributed by atoms with Gasteiger partial charge >= 0.3 is 5.97 Å². The SMILES string of the molecule is CCOC(=O)c1cccc(NC(=O)c2ccc(NC3=C(Cl)C(=O)N(c4cc(Cl)ccc4C)C3=O)cc2)c1. The fraction of sp³-hybridized carbons (Fsp3) is 0.111. The predicted octanol–water partition coefficient (Wildman–Crippen LogP) is 5.51. The molecule has 1 heterocycles. The second-order valence-electron chi connectivity index (χ2n) is 8.02. The average Bonchev–Trinajstić information content (AvgIpc) is 3.09. The van der Waals surface area contributed by atoms with Crippen LogP contribution in [-0.2, 0) is 14.3 Å². The molecule has 2 N–H and O–H groups in total. The Balaban J connectivity index is 1.47. The van der Waals surface area contributed by atoms with Crippen LogP contribution in [0, 0.1) is 6.92 Å². The first-order chi connectivity index (χ1) is 17.7. The molecule has 0 saturated carbocycles. The van der Waals surface area contributed by atoms with Crippen LogP contribution in [0.4, 0.5) is 17.1 Å². The molecule has 3 aromatic carbocycles. The largest absolute Gasteiger partial charge is 0.462 e. The molecule has 37 heavy (non-hydrogen) atoms. The van der Waals surface area contributed by atoms with Gasteiger partial charge in [-0.05, 0) is 74.0 Å². The molecule has 10 heteroatoms. The Morgan fingerprint density at radius 2 is 1.62 bits per heavy atom. The fourth-order valence-electron chi connectivity index (χ4n) is 3.64. The van der Waals surface area contributed by atoms with Crippen molar-refractivity contribution in [3.05, 3.63) is 99.2 Å². The summed E-state index contributed by atoms with van der Waals surface area (Å²) >= 11 is 12.3. The number of carbonyl (C=O) groups is 4. The van der Waals surface area contributed by atoms with E-state index in [-0.39, 0.29) is 17.3 Å². The van der Waals surface area contributed by atoms with Gasteiger partial charge in [0.2, 0.25) is 0 Å². The lowest BCUT2D eigenvalue weighted by atomic mass is 10.1. The molecule has 0 atom stereocenters. The maximum absolute atomic E-state index is 13.0. The third-order valence-corrected chi connectivity index (χ3v) is 6.07. The number of nitrogens with zero attached hydrogens (tertiary/aromatic N) is 1. The number of benzene rings is 3. The van der Waals surface area contributed by atoms with E-state index in [1.807, 2.05) is 0 Å². The summed E-state index contributed by atoms with van der Waals surface area (Å²) in [5.74, 6) is -2.17. The molecular formula is C27H21Cl2N3O5. The number of amides is 3. The van der Waals surface area contributed by atoms with Crippen molar-refractivity contribution < 1.29 is 23.9 Å². The molecule has 0 aliphatic carbocycles. The molecule has 0 saturated heterocycles. The zero-order valence-corrected chi connectivity index (χ0v) is 21.3. The van der Waals surface area contributed by atoms with E-state index in [1.54, 1.807) is 68.4 Å². The van der Waals surface area contributed by atoms with Crippen LogP contribution in [0.5, 0.6) is 0 Å². The Labute approximate surface area is 222 Å². The number of ether oxygens (including phenoxy) is 1. The van der Waals surface area contributed by atoms with E-state index in [4.69, 9.17) is 27.9 Å². The number of nitrogens with one attached hydrogen (secondary N) is 2. The van der Waals surface area contributed by atoms with Crippen LogP contribution in [0.3, 0.4) is 0 Å². The molecule has 188 valence electrons. The van der Waals surface area contributed by atoms with Crippen molar-refractivity contribution in [2.75, 3.05) is 22.1 Å². The summed E-state index contributed by atoms with van der Waals surface area (Å²) in [4.78, 5) is 51.4. The number of carbonyl (C=O) groups excluding carboxylic acids is 4. The number of hydrogen-bond acceptors (Lipinski definition) is 6. The van der Waals surface area contributed by atoms with Gasteiger partial charge < -0.3 is 15.4 Å². The molecule has 0 aromatic heterocycles. The van der Waals surface area contributed by atoms with Gasteiger partial charge in [-0.15, -0.1) is 0 Å². The van der Waals surface area contributed by atoms with E-state index < -0.39 is 23.7 Å². The van der Waals surface area contributed by atoms with Gasteiger partial charge in [0, 0.05) is 22.0 Å². The zero-order chi connectivity index (χ0) is 26.7. The summed E-state index contributed by atoms with van der Waals surface area (Å²) < 4.78 is 4.98. The molecule has 1 aliphatic heterocycles. The Morgan fingerprint density at radius 3 is 2.32 bits per heavy atom. The van der Waals surface area contributed by atoms with Gasteiger partial charge in [0.15, 0.2) is 0 Å². The predicted molar refractivity (Wildman–Crippen MR) is 142 cm³/mol. The second kappa shape index (κ2) is 10.9. The summed E-state index contributed by atoms with van der Waals surface area (Å²) in [6.07, 6.45) is 0. The summed E-state index contributed by atoms with van der Waals surface area (Å²) in [5.41, 5.74) is 2.47. The van der Waals surface area contributed by atoms with E-state index in [0.717, 1.165) is 4.90 Å². The minimum Gasteiger partial charge on any atom is -0.462 e. The molecule has 0 radical (unpaired) electrons. The smallest absolute Gasteiger partial charge is 0.338 e. The number of rotatable bonds is 7. The number of halogens is 2. The highest BCUT2D eigenvalue weighted by atomic mass is 35.5. The summed E-state index contributed by atoms with van der Waals surface area (Å²) in [7, 11) is 0. The second-order valence-corrected chi connectivity index (χ2v) is 8.84. The lowest BCUT2D eigenvalue weighted by Crippen LogP contribution is -2.32. The molecule has 0 spiro atoms. The van der Waals surface area contributed by atoms with Gasteiger partial charge in [-0.3, -0.25) is 14.4 Å². The Morgan fingerprint density at radius 1 is 0.892 bits per heavy atom. The Bertz CT molecular complexity index is 1450. The number of imide groups is 1. The monoisotopic (exact) mass is 537 g/mol. The van der Waals surface area contributed by atoms with E-state index in [0.29, 0.717) is 38.8 Å². The van der Waals surface area contributed by atoms with Crippen LogP contribution in [0.1, 0.15) is 33.2 Å². The number of anilines is 3. The van der Waals surface area contributed by atoms with Crippen LogP contribution in [0.2, 0.25) is 5.02 Å². The van der Waals surface area contributed by atoms with Crippen molar-refractivity contribution in [2.24, 2.45) is 0 Å². The molecule has 3 amide bonds. The lowest BCUT2D eigenvalue weighted by Gasteiger charge is -2.17. The zero-order valence-electron chi connectivity index (χ0n) is 19.8. The Kier molecular flexibility index (Phi) is 7.61. The van der Waals surface area contributed by atoms with Crippen LogP contribution < -0.4 is 15.5 Å². The van der Waals surface area contributed by atoms with Gasteiger partial charge in [0.05, 0.1) is 17.9 Å². The van der Waals surface area contributed by atoms with Crippen molar-refractivity contribution in [1.82, 2.24) is 0 Å². The van der Waals surface area contributed by atoms with Crippen molar-refractivity contribution in [3.63, 3.8) is 0 Å². The van der Waals surface area contributed by atoms with E-state index in [2.05, 4.69) is 10.6 Å². The summed E-state index contributed by atoms with van der Waals surface area (Å²) in [6, 6.07) is 17.5. The van der Waals surface area contributed by atoms with Crippen LogP contribution >= 0.6 is 23.2 Å². The fourth-order valence-corrected chi connectivity index (χ4v) is 4.02. The number of aryl methyl sites for hydroxylation is 1. The molecule has 3 aromatic rings. The van der Waals surface area contributed by atoms with Gasteiger partial charge in [-0.1, -0.05) is 35.3 Å². The topological polar surface area (TPSA) is 105 Å². The highest BCUT2D eigenvalue weighted by Crippen LogP contribution is 2.33. The van der Waals surface area contributed by atoms with Crippen molar-refractivity contribution in [1.29, 1.82) is 0 Å². The Hall–Kier alpha value is -4.14. The lowest BCUT2D eigenvalue weighted by molar-refractivity contribution is -0.120. The summed E-state index contributed by atoms with van der Waals surface area (Å²) in [6.45, 7) is 3.71. The highest BCUT2D eigenvalue weighted by Gasteiger charge is 2.39. The minimum atomic E-state index is -0.666. The maximum Gasteiger partial charge on any atom is 0.338 e. The van der Waals surface area contributed by atoms with Gasteiger partial charge in [0.25, 0.3) is 17.7 Å². The van der Waals surface area contributed by atoms with Crippen molar-refractivity contribution >= 4 is 64.0 Å². The maximum atomic E-state index is 13.0. The van der Waals surface area contributed by atoms with Gasteiger partial charge in [-0.25, -0.2) is 9.69 Å². The quantitative estimate of drug-likeness (QED) is 0.304. The molecule has 4 rings (SSSR count). The van der Waals surface area contributed by atoms with Crippen molar-refractivity contribution in [2.45, 2.75) is 13.8 Å². The number of hydrogen-bond donors (Lipinski definition) is 2. The van der Waals surface area contributed by atoms with Gasteiger partial charge in [-0.2, -0.15) is 0 Å². The van der Waals surface area contributed by atoms with E-state index in [1.165, 1.54) is 12.1 Å². The molecular weight excluding hydrogens is 517 g/mol. The van der Waals surface area contributed by atoms with E-state index >= 15 is 0 Å². The van der Waals surface area contributed by atoms with E-state index in [9.17, 15) is 19.2 Å². The third kappa shape index (κ3) is 5.50. The normalized spacial score (nSPS) is 13.1. The minimum absolute atomic E-state index is 0.0842. The van der Waals surface area contributed by atoms with Crippen LogP contribution in [0.15, 0.2) is 77.5 Å². The summed E-state index contributed by atoms with van der Waals surface area (Å²) in [5, 5.41) is 5.72. The number of esters is 1. The third-order valence-electron chi connectivity index (χ3n) is 5.49. The molecule has 0 fully saturated rings. The first-order valence-corrected chi connectivity index (χ1v) is 12.0. The molecule has 1 aliphatic rings. The average molecular weight is 538 g/mol. The molecule has 8 nitrogen and oxygen atoms in total. The standard InChI is InChI=1S/C27H21Cl2N3O5/c1-3-37-27(36)17-5-4-6-20(13-17)31-24(33)16-8-11-19(12-9-16)30-23-22(29)25(34)32(26(23)35)21-14-18(28)10-7-15(21)2/h4-14,30H,3H2,1-2H3,(H,31,33). The first-order valence-electron chi connectivity index (χ1n) is 11.2. The van der Waals surface area contributed by atoms with Crippen LogP contribution in [-0.4, -0.2) is 30.3 Å². The molecule has 0 bridgehead atoms. The van der Waals surface area contributed by atoms with Crippen molar-refractivity contribution in [3.8, 4) is 0 Å². The molecule has 0 unspecified atom stereocenters. The first kappa shape index (κ1) is 25.9. The highest BCUT2D eigenvalue weighted by molar-refractivity contribution is 6.53. The van der Waals surface area contributed by atoms with Crippen LogP contribution in [0.25, 0.3) is 0 Å². The van der Waals surface area contributed by atoms with Gasteiger partial charge in [0.1, 0.15) is 10.7 Å².